The van der Waals surface area contributed by atoms with Crippen molar-refractivity contribution in [2.45, 2.75) is 43.7 Å². The predicted molar refractivity (Wildman–Crippen MR) is 88.7 cm³/mol. The molecule has 1 N–H and O–H groups in total. The van der Waals surface area contributed by atoms with Gasteiger partial charge in [-0.25, -0.2) is 0 Å². The first kappa shape index (κ1) is 15.7. The van der Waals surface area contributed by atoms with Crippen LogP contribution in [0.25, 0.3) is 0 Å². The van der Waals surface area contributed by atoms with Crippen LogP contribution < -0.4 is 4.74 Å². The van der Waals surface area contributed by atoms with Gasteiger partial charge in [-0.3, -0.25) is 4.79 Å². The molecule has 5 heteroatoms. The summed E-state index contributed by atoms with van der Waals surface area (Å²) < 4.78 is 11.3. The fourth-order valence-electron chi connectivity index (χ4n) is 3.39. The highest BCUT2D eigenvalue weighted by atomic mass is 16.5. The summed E-state index contributed by atoms with van der Waals surface area (Å²) in [5, 5.41) is 8.77. The van der Waals surface area contributed by atoms with Gasteiger partial charge in [-0.1, -0.05) is 12.1 Å². The molecular weight excluding hydrogens is 306 g/mol. The monoisotopic (exact) mass is 329 g/mol. The molecular formula is C19H23NO4. The molecule has 0 bridgehead atoms. The van der Waals surface area contributed by atoms with Gasteiger partial charge in [-0.05, 0) is 55.4 Å². The van der Waals surface area contributed by atoms with E-state index in [-0.39, 0.29) is 24.7 Å². The number of rotatable bonds is 7. The zero-order valence-electron chi connectivity index (χ0n) is 13.7. The van der Waals surface area contributed by atoms with Gasteiger partial charge < -0.3 is 19.5 Å². The van der Waals surface area contributed by atoms with Crippen LogP contribution in [0.2, 0.25) is 0 Å². The summed E-state index contributed by atoms with van der Waals surface area (Å²) in [5.41, 5.74) is 1.36. The Labute approximate surface area is 141 Å². The van der Waals surface area contributed by atoms with Crippen LogP contribution in [0.1, 0.15) is 37.2 Å². The largest absolute Gasteiger partial charge is 0.452 e. The highest BCUT2D eigenvalue weighted by Crippen LogP contribution is 2.40. The lowest BCUT2D eigenvalue weighted by atomic mass is 9.88. The highest BCUT2D eigenvalue weighted by Gasteiger charge is 2.40. The zero-order valence-corrected chi connectivity index (χ0v) is 13.7. The zero-order chi connectivity index (χ0) is 16.5. The molecule has 0 unspecified atom stereocenters. The average Bonchev–Trinajstić information content (AvgIpc) is 3.34. The Morgan fingerprint density at radius 3 is 2.58 bits per heavy atom. The molecule has 2 aliphatic carbocycles. The van der Waals surface area contributed by atoms with Crippen LogP contribution in [0, 0.1) is 0 Å². The van der Waals surface area contributed by atoms with Gasteiger partial charge >= 0.3 is 0 Å². The lowest BCUT2D eigenvalue weighted by molar-refractivity contribution is -0.135. The molecule has 0 aromatic heterocycles. The molecule has 0 atom stereocenters. The van der Waals surface area contributed by atoms with E-state index in [1.54, 1.807) is 0 Å². The summed E-state index contributed by atoms with van der Waals surface area (Å²) in [7, 11) is 0. The molecule has 4 rings (SSSR count). The molecule has 5 nitrogen and oxygen atoms in total. The third kappa shape index (κ3) is 3.19. The average molecular weight is 329 g/mol. The van der Waals surface area contributed by atoms with Crippen LogP contribution in [0.4, 0.5) is 0 Å². The van der Waals surface area contributed by atoms with E-state index >= 15 is 0 Å². The van der Waals surface area contributed by atoms with Crippen LogP contribution in [0.15, 0.2) is 36.1 Å². The van der Waals surface area contributed by atoms with Gasteiger partial charge in [0.05, 0.1) is 19.3 Å². The lowest BCUT2D eigenvalue weighted by Crippen LogP contribution is -2.49. The summed E-state index contributed by atoms with van der Waals surface area (Å²) >= 11 is 0. The van der Waals surface area contributed by atoms with Crippen molar-refractivity contribution in [3.63, 3.8) is 0 Å². The van der Waals surface area contributed by atoms with Crippen LogP contribution in [0.5, 0.6) is 5.75 Å². The first-order chi connectivity index (χ1) is 11.7. The Morgan fingerprint density at radius 2 is 1.92 bits per heavy atom. The van der Waals surface area contributed by atoms with E-state index in [1.807, 2.05) is 23.1 Å². The first-order valence-electron chi connectivity index (χ1n) is 8.76. The standard InChI is InChI=1S/C19H23NO4/c21-9-10-23-17-11-15(12-17)20-8-7-18(19(20)22)24-16-5-3-14(4-6-16)13-1-2-13/h3-7,13,15,17,21H,1-2,8-12H2/t15-,17+. The van der Waals surface area contributed by atoms with Crippen LogP contribution in [-0.4, -0.2) is 47.8 Å². The van der Waals surface area contributed by atoms with E-state index in [0.29, 0.717) is 18.9 Å². The second-order valence-electron chi connectivity index (χ2n) is 6.81. The molecule has 3 aliphatic rings. The molecule has 1 aromatic rings. The quantitative estimate of drug-likeness (QED) is 0.833. The molecule has 1 aliphatic heterocycles. The second-order valence-corrected chi connectivity index (χ2v) is 6.81. The topological polar surface area (TPSA) is 59.0 Å². The predicted octanol–water partition coefficient (Wildman–Crippen LogP) is 2.21. The number of nitrogens with zero attached hydrogens (tertiary/aromatic N) is 1. The maximum Gasteiger partial charge on any atom is 0.289 e. The molecule has 24 heavy (non-hydrogen) atoms. The van der Waals surface area contributed by atoms with Gasteiger partial charge in [0.25, 0.3) is 5.91 Å². The van der Waals surface area contributed by atoms with Crippen molar-refractivity contribution in [3.8, 4) is 5.75 Å². The number of aliphatic hydroxyl groups excluding tert-OH is 1. The fraction of sp³-hybridized carbons (Fsp3) is 0.526. The SMILES string of the molecule is O=C1C(Oc2ccc(C3CC3)cc2)=CCN1[C@H]1C[C@@H](OCCO)C1. The van der Waals surface area contributed by atoms with E-state index < -0.39 is 0 Å². The summed E-state index contributed by atoms with van der Waals surface area (Å²) in [4.78, 5) is 14.4. The molecule has 1 heterocycles. The van der Waals surface area contributed by atoms with Gasteiger partial charge in [0.2, 0.25) is 0 Å². The Kier molecular flexibility index (Phi) is 4.29. The number of benzene rings is 1. The van der Waals surface area contributed by atoms with E-state index in [0.717, 1.165) is 24.5 Å². The van der Waals surface area contributed by atoms with Crippen molar-refractivity contribution < 1.29 is 19.4 Å². The molecule has 1 aromatic carbocycles. The third-order valence-electron chi connectivity index (χ3n) is 5.06. The number of ether oxygens (including phenoxy) is 2. The normalized spacial score (nSPS) is 26.3. The van der Waals surface area contributed by atoms with E-state index in [1.165, 1.54) is 18.4 Å². The number of aliphatic hydroxyl groups is 1. The van der Waals surface area contributed by atoms with E-state index in [4.69, 9.17) is 14.6 Å². The molecule has 0 radical (unpaired) electrons. The Morgan fingerprint density at radius 1 is 1.17 bits per heavy atom. The number of hydrogen-bond donors (Lipinski definition) is 1. The first-order valence-corrected chi connectivity index (χ1v) is 8.76. The summed E-state index contributed by atoms with van der Waals surface area (Å²) in [6.07, 6.45) is 6.26. The number of carbonyl (C=O) groups is 1. The van der Waals surface area contributed by atoms with E-state index in [2.05, 4.69) is 12.1 Å². The minimum absolute atomic E-state index is 0.0353. The highest BCUT2D eigenvalue weighted by molar-refractivity contribution is 5.94. The minimum Gasteiger partial charge on any atom is -0.452 e. The molecule has 0 spiro atoms. The lowest BCUT2D eigenvalue weighted by Gasteiger charge is -2.40. The Balaban J connectivity index is 1.29. The van der Waals surface area contributed by atoms with Crippen LogP contribution >= 0.6 is 0 Å². The van der Waals surface area contributed by atoms with Crippen molar-refractivity contribution in [3.05, 3.63) is 41.7 Å². The van der Waals surface area contributed by atoms with E-state index in [9.17, 15) is 4.79 Å². The van der Waals surface area contributed by atoms with Crippen molar-refractivity contribution in [1.82, 2.24) is 4.90 Å². The summed E-state index contributed by atoms with van der Waals surface area (Å²) in [6.45, 7) is 1.02. The molecule has 2 fully saturated rings. The van der Waals surface area contributed by atoms with Gasteiger partial charge in [0.1, 0.15) is 5.75 Å². The number of carbonyl (C=O) groups excluding carboxylic acids is 1. The van der Waals surface area contributed by atoms with Crippen LogP contribution in [0.3, 0.4) is 0 Å². The van der Waals surface area contributed by atoms with Gasteiger partial charge in [0.15, 0.2) is 5.76 Å². The molecule has 128 valence electrons. The van der Waals surface area contributed by atoms with Crippen molar-refractivity contribution >= 4 is 5.91 Å². The second kappa shape index (κ2) is 6.57. The number of hydrogen-bond acceptors (Lipinski definition) is 4. The van der Waals surface area contributed by atoms with Crippen LogP contribution in [-0.2, 0) is 9.53 Å². The maximum absolute atomic E-state index is 12.5. The fourth-order valence-corrected chi connectivity index (χ4v) is 3.39. The number of amides is 1. The van der Waals surface area contributed by atoms with Crippen molar-refractivity contribution in [1.29, 1.82) is 0 Å². The molecule has 0 saturated heterocycles. The maximum atomic E-state index is 12.5. The van der Waals surface area contributed by atoms with Gasteiger partial charge in [-0.15, -0.1) is 0 Å². The van der Waals surface area contributed by atoms with Gasteiger partial charge in [-0.2, -0.15) is 0 Å². The summed E-state index contributed by atoms with van der Waals surface area (Å²) in [5.74, 6) is 1.83. The smallest absolute Gasteiger partial charge is 0.289 e. The van der Waals surface area contributed by atoms with Gasteiger partial charge in [0, 0.05) is 12.6 Å². The minimum atomic E-state index is -0.0353. The molecule has 2 saturated carbocycles. The molecule has 1 amide bonds. The van der Waals surface area contributed by atoms with Crippen molar-refractivity contribution in [2.75, 3.05) is 19.8 Å². The van der Waals surface area contributed by atoms with Crippen molar-refractivity contribution in [2.24, 2.45) is 0 Å². The Hall–Kier alpha value is -1.85. The third-order valence-corrected chi connectivity index (χ3v) is 5.06. The Bertz CT molecular complexity index is 629. The summed E-state index contributed by atoms with van der Waals surface area (Å²) in [6, 6.07) is 8.31.